The Labute approximate surface area is 108 Å². The molecule has 0 aliphatic carbocycles. The molecule has 0 amide bonds. The lowest BCUT2D eigenvalue weighted by molar-refractivity contribution is 0.834. The van der Waals surface area contributed by atoms with Crippen LogP contribution in [-0.4, -0.2) is 4.98 Å². The van der Waals surface area contributed by atoms with E-state index in [1.807, 2.05) is 5.51 Å². The fourth-order valence-corrected chi connectivity index (χ4v) is 2.86. The molecule has 1 aromatic carbocycles. The molecule has 0 atom stereocenters. The standard InChI is InChI=1S/C15H19NS/c1-10(2)12-6-5-7-13(8-12)15-14(11(3)4)16-9-17-15/h5-11H,1-4H3. The van der Waals surface area contributed by atoms with Crippen molar-refractivity contribution in [2.45, 2.75) is 39.5 Å². The molecular formula is C15H19NS. The van der Waals surface area contributed by atoms with E-state index in [1.54, 1.807) is 11.3 Å². The Balaban J connectivity index is 2.46. The Hall–Kier alpha value is -1.15. The number of hydrogen-bond acceptors (Lipinski definition) is 2. The van der Waals surface area contributed by atoms with Crippen LogP contribution in [0.2, 0.25) is 0 Å². The number of hydrogen-bond donors (Lipinski definition) is 0. The summed E-state index contributed by atoms with van der Waals surface area (Å²) in [6, 6.07) is 8.83. The van der Waals surface area contributed by atoms with Gasteiger partial charge < -0.3 is 0 Å². The van der Waals surface area contributed by atoms with Crippen molar-refractivity contribution in [3.63, 3.8) is 0 Å². The molecular weight excluding hydrogens is 226 g/mol. The van der Waals surface area contributed by atoms with Crippen LogP contribution in [-0.2, 0) is 0 Å². The van der Waals surface area contributed by atoms with Crippen molar-refractivity contribution in [2.24, 2.45) is 0 Å². The summed E-state index contributed by atoms with van der Waals surface area (Å²) in [5.41, 5.74) is 5.87. The van der Waals surface area contributed by atoms with Gasteiger partial charge in [-0.2, -0.15) is 0 Å². The van der Waals surface area contributed by atoms with Crippen molar-refractivity contribution in [1.29, 1.82) is 0 Å². The third kappa shape index (κ3) is 2.58. The first-order chi connectivity index (χ1) is 8.09. The lowest BCUT2D eigenvalue weighted by atomic mass is 9.98. The van der Waals surface area contributed by atoms with Crippen LogP contribution < -0.4 is 0 Å². The summed E-state index contributed by atoms with van der Waals surface area (Å²) >= 11 is 1.74. The number of nitrogens with zero attached hydrogens (tertiary/aromatic N) is 1. The minimum Gasteiger partial charge on any atom is -0.249 e. The molecule has 2 rings (SSSR count). The van der Waals surface area contributed by atoms with Gasteiger partial charge in [0.05, 0.1) is 16.1 Å². The van der Waals surface area contributed by atoms with Crippen molar-refractivity contribution in [1.82, 2.24) is 4.98 Å². The monoisotopic (exact) mass is 245 g/mol. The maximum absolute atomic E-state index is 4.49. The highest BCUT2D eigenvalue weighted by atomic mass is 32.1. The molecule has 2 aromatic rings. The van der Waals surface area contributed by atoms with Crippen LogP contribution in [0.25, 0.3) is 10.4 Å². The largest absolute Gasteiger partial charge is 0.249 e. The Morgan fingerprint density at radius 1 is 1.06 bits per heavy atom. The Kier molecular flexibility index (Phi) is 3.63. The number of aromatic nitrogens is 1. The van der Waals surface area contributed by atoms with Gasteiger partial charge in [-0.1, -0.05) is 52.0 Å². The molecule has 2 heteroatoms. The maximum atomic E-state index is 4.49. The van der Waals surface area contributed by atoms with Crippen LogP contribution in [0.3, 0.4) is 0 Å². The molecule has 0 saturated heterocycles. The lowest BCUT2D eigenvalue weighted by Crippen LogP contribution is -1.92. The van der Waals surface area contributed by atoms with E-state index < -0.39 is 0 Å². The first-order valence-corrected chi connectivity index (χ1v) is 7.01. The SMILES string of the molecule is CC(C)c1cccc(-c2scnc2C(C)C)c1. The van der Waals surface area contributed by atoms with Gasteiger partial charge in [-0.25, -0.2) is 4.98 Å². The van der Waals surface area contributed by atoms with Crippen molar-refractivity contribution < 1.29 is 0 Å². The summed E-state index contributed by atoms with van der Waals surface area (Å²) in [5, 5.41) is 0. The Morgan fingerprint density at radius 3 is 2.47 bits per heavy atom. The average molecular weight is 245 g/mol. The summed E-state index contributed by atoms with van der Waals surface area (Å²) < 4.78 is 0. The highest BCUT2D eigenvalue weighted by Gasteiger charge is 2.12. The average Bonchev–Trinajstić information content (AvgIpc) is 2.78. The van der Waals surface area contributed by atoms with E-state index in [0.29, 0.717) is 11.8 Å². The van der Waals surface area contributed by atoms with Crippen LogP contribution in [0.5, 0.6) is 0 Å². The molecule has 0 unspecified atom stereocenters. The minimum absolute atomic E-state index is 0.485. The number of thiazole rings is 1. The van der Waals surface area contributed by atoms with Crippen LogP contribution in [0, 0.1) is 0 Å². The molecule has 0 saturated carbocycles. The molecule has 0 bridgehead atoms. The van der Waals surface area contributed by atoms with Gasteiger partial charge >= 0.3 is 0 Å². The Morgan fingerprint density at radius 2 is 1.82 bits per heavy atom. The van der Waals surface area contributed by atoms with E-state index in [9.17, 15) is 0 Å². The van der Waals surface area contributed by atoms with E-state index in [2.05, 4.69) is 56.9 Å². The highest BCUT2D eigenvalue weighted by Crippen LogP contribution is 2.33. The van der Waals surface area contributed by atoms with E-state index in [1.165, 1.54) is 21.7 Å². The molecule has 17 heavy (non-hydrogen) atoms. The normalized spacial score (nSPS) is 11.4. The van der Waals surface area contributed by atoms with E-state index in [-0.39, 0.29) is 0 Å². The van der Waals surface area contributed by atoms with Gasteiger partial charge in [0.25, 0.3) is 0 Å². The first-order valence-electron chi connectivity index (χ1n) is 6.13. The second-order valence-electron chi connectivity index (χ2n) is 5.00. The van der Waals surface area contributed by atoms with Gasteiger partial charge in [0, 0.05) is 0 Å². The van der Waals surface area contributed by atoms with Crippen LogP contribution >= 0.6 is 11.3 Å². The summed E-state index contributed by atoms with van der Waals surface area (Å²) in [5.74, 6) is 1.06. The Bertz CT molecular complexity index is 497. The van der Waals surface area contributed by atoms with Gasteiger partial charge in [-0.05, 0) is 23.0 Å². The summed E-state index contributed by atoms with van der Waals surface area (Å²) in [6.45, 7) is 8.86. The highest BCUT2D eigenvalue weighted by molar-refractivity contribution is 7.13. The van der Waals surface area contributed by atoms with Gasteiger partial charge in [-0.15, -0.1) is 11.3 Å². The van der Waals surface area contributed by atoms with Crippen molar-refractivity contribution >= 4 is 11.3 Å². The van der Waals surface area contributed by atoms with Crippen LogP contribution in [0.15, 0.2) is 29.8 Å². The van der Waals surface area contributed by atoms with Crippen molar-refractivity contribution in [3.05, 3.63) is 41.0 Å². The molecule has 0 fully saturated rings. The molecule has 90 valence electrons. The van der Waals surface area contributed by atoms with Gasteiger partial charge in [-0.3, -0.25) is 0 Å². The van der Waals surface area contributed by atoms with Gasteiger partial charge in [0.1, 0.15) is 0 Å². The number of rotatable bonds is 3. The van der Waals surface area contributed by atoms with E-state index >= 15 is 0 Å². The fraction of sp³-hybridized carbons (Fsp3) is 0.400. The molecule has 1 nitrogen and oxygen atoms in total. The fourth-order valence-electron chi connectivity index (χ4n) is 1.92. The second-order valence-corrected chi connectivity index (χ2v) is 5.86. The summed E-state index contributed by atoms with van der Waals surface area (Å²) in [6.07, 6.45) is 0. The second kappa shape index (κ2) is 5.01. The molecule has 0 aliphatic rings. The topological polar surface area (TPSA) is 12.9 Å². The third-order valence-corrected chi connectivity index (χ3v) is 3.85. The molecule has 0 radical (unpaired) electrons. The predicted molar refractivity (Wildman–Crippen MR) is 75.7 cm³/mol. The molecule has 1 aromatic heterocycles. The quantitative estimate of drug-likeness (QED) is 0.736. The van der Waals surface area contributed by atoms with Gasteiger partial charge in [0.15, 0.2) is 0 Å². The van der Waals surface area contributed by atoms with E-state index in [4.69, 9.17) is 0 Å². The summed E-state index contributed by atoms with van der Waals surface area (Å²) in [4.78, 5) is 5.81. The van der Waals surface area contributed by atoms with Crippen molar-refractivity contribution in [2.75, 3.05) is 0 Å². The zero-order valence-electron chi connectivity index (χ0n) is 10.9. The molecule has 0 spiro atoms. The number of benzene rings is 1. The maximum Gasteiger partial charge on any atom is 0.0801 e. The third-order valence-electron chi connectivity index (χ3n) is 2.96. The zero-order chi connectivity index (χ0) is 12.4. The van der Waals surface area contributed by atoms with E-state index in [0.717, 1.165) is 0 Å². The van der Waals surface area contributed by atoms with Gasteiger partial charge in [0.2, 0.25) is 0 Å². The first kappa shape index (κ1) is 12.3. The molecule has 1 heterocycles. The summed E-state index contributed by atoms with van der Waals surface area (Å²) in [7, 11) is 0. The predicted octanol–water partition coefficient (Wildman–Crippen LogP) is 5.06. The smallest absolute Gasteiger partial charge is 0.0801 e. The molecule has 0 N–H and O–H groups in total. The van der Waals surface area contributed by atoms with Crippen LogP contribution in [0.4, 0.5) is 0 Å². The minimum atomic E-state index is 0.485. The molecule has 0 aliphatic heterocycles. The van der Waals surface area contributed by atoms with Crippen LogP contribution in [0.1, 0.15) is 50.8 Å². The zero-order valence-corrected chi connectivity index (χ0v) is 11.7. The van der Waals surface area contributed by atoms with Crippen molar-refractivity contribution in [3.8, 4) is 10.4 Å². The lowest BCUT2D eigenvalue weighted by Gasteiger charge is -2.09.